The molecule has 128 valence electrons. The van der Waals surface area contributed by atoms with Gasteiger partial charge in [0.2, 0.25) is 0 Å². The Labute approximate surface area is 146 Å². The number of benzene rings is 1. The summed E-state index contributed by atoms with van der Waals surface area (Å²) >= 11 is 5.88. The first-order valence-corrected chi connectivity index (χ1v) is 8.12. The summed E-state index contributed by atoms with van der Waals surface area (Å²) in [4.78, 5) is 27.6. The van der Waals surface area contributed by atoms with Crippen molar-refractivity contribution in [3.8, 4) is 0 Å². The van der Waals surface area contributed by atoms with Gasteiger partial charge in [-0.25, -0.2) is 4.79 Å². The molecule has 1 heterocycles. The normalized spacial score (nSPS) is 11.9. The van der Waals surface area contributed by atoms with Crippen molar-refractivity contribution in [1.29, 1.82) is 0 Å². The van der Waals surface area contributed by atoms with Crippen LogP contribution in [0.15, 0.2) is 24.3 Å². The van der Waals surface area contributed by atoms with Gasteiger partial charge in [0.15, 0.2) is 0 Å². The van der Waals surface area contributed by atoms with E-state index >= 15 is 0 Å². The van der Waals surface area contributed by atoms with Crippen LogP contribution in [0.25, 0.3) is 0 Å². The number of esters is 1. The number of aryl methyl sites for hydroxylation is 1. The molecule has 1 aromatic carbocycles. The molecule has 0 aliphatic carbocycles. The van der Waals surface area contributed by atoms with Crippen molar-refractivity contribution in [1.82, 2.24) is 10.3 Å². The number of aromatic nitrogens is 1. The summed E-state index contributed by atoms with van der Waals surface area (Å²) in [5.41, 5.74) is 3.06. The average Bonchev–Trinajstić information content (AvgIpc) is 2.91. The molecule has 0 bridgehead atoms. The third-order valence-electron chi connectivity index (χ3n) is 4.02. The molecule has 2 rings (SSSR count). The van der Waals surface area contributed by atoms with Crippen molar-refractivity contribution in [3.05, 3.63) is 57.4 Å². The minimum absolute atomic E-state index is 0.191. The summed E-state index contributed by atoms with van der Waals surface area (Å²) in [6.45, 7) is 5.54. The van der Waals surface area contributed by atoms with Crippen LogP contribution in [-0.2, 0) is 11.2 Å². The Morgan fingerprint density at radius 2 is 1.92 bits per heavy atom. The Kier molecular flexibility index (Phi) is 5.67. The van der Waals surface area contributed by atoms with Crippen molar-refractivity contribution in [2.45, 2.75) is 33.2 Å². The van der Waals surface area contributed by atoms with Gasteiger partial charge in [-0.05, 0) is 43.5 Å². The Bertz CT molecular complexity index is 750. The van der Waals surface area contributed by atoms with Crippen LogP contribution in [0.2, 0.25) is 5.02 Å². The molecule has 0 spiro atoms. The van der Waals surface area contributed by atoms with E-state index in [1.807, 2.05) is 26.0 Å². The molecular weight excluding hydrogens is 328 g/mol. The molecule has 5 nitrogen and oxygen atoms in total. The monoisotopic (exact) mass is 348 g/mol. The maximum atomic E-state index is 12.6. The van der Waals surface area contributed by atoms with E-state index < -0.39 is 5.97 Å². The predicted octanol–water partition coefficient (Wildman–Crippen LogP) is 3.82. The van der Waals surface area contributed by atoms with Crippen molar-refractivity contribution in [2.75, 3.05) is 7.11 Å². The molecule has 2 N–H and O–H groups in total. The van der Waals surface area contributed by atoms with Gasteiger partial charge in [-0.15, -0.1) is 0 Å². The number of H-pyrrole nitrogens is 1. The maximum absolute atomic E-state index is 12.6. The largest absolute Gasteiger partial charge is 0.465 e. The topological polar surface area (TPSA) is 71.2 Å². The summed E-state index contributed by atoms with van der Waals surface area (Å²) in [6, 6.07) is 7.11. The van der Waals surface area contributed by atoms with Gasteiger partial charge in [0.1, 0.15) is 5.69 Å². The Hall–Kier alpha value is -2.27. The molecule has 1 aromatic heterocycles. The van der Waals surface area contributed by atoms with Crippen LogP contribution < -0.4 is 5.32 Å². The number of nitrogens with one attached hydrogen (secondary N) is 2. The van der Waals surface area contributed by atoms with E-state index in [1.165, 1.54) is 7.11 Å². The van der Waals surface area contributed by atoms with E-state index in [-0.39, 0.29) is 11.9 Å². The van der Waals surface area contributed by atoms with Gasteiger partial charge in [0.05, 0.1) is 18.7 Å². The number of hydrogen-bond donors (Lipinski definition) is 2. The SMILES string of the molecule is CCc1[nH]c(C(=O)NC(C)c2ccc(Cl)cc2)c(C)c1C(=O)OC. The van der Waals surface area contributed by atoms with E-state index in [0.717, 1.165) is 5.56 Å². The molecule has 0 saturated heterocycles. The summed E-state index contributed by atoms with van der Waals surface area (Å²) in [6.07, 6.45) is 0.602. The van der Waals surface area contributed by atoms with Crippen LogP contribution in [0.5, 0.6) is 0 Å². The number of carbonyl (C=O) groups excluding carboxylic acids is 2. The fourth-order valence-electron chi connectivity index (χ4n) is 2.63. The van der Waals surface area contributed by atoms with Gasteiger partial charge in [-0.2, -0.15) is 0 Å². The minimum atomic E-state index is -0.439. The lowest BCUT2D eigenvalue weighted by Crippen LogP contribution is -2.27. The first-order valence-electron chi connectivity index (χ1n) is 7.75. The maximum Gasteiger partial charge on any atom is 0.339 e. The number of methoxy groups -OCH3 is 1. The van der Waals surface area contributed by atoms with Gasteiger partial charge >= 0.3 is 5.97 Å². The summed E-state index contributed by atoms with van der Waals surface area (Å²) in [5, 5.41) is 3.58. The third kappa shape index (κ3) is 3.62. The van der Waals surface area contributed by atoms with Crippen molar-refractivity contribution in [2.24, 2.45) is 0 Å². The third-order valence-corrected chi connectivity index (χ3v) is 4.27. The molecule has 0 saturated carbocycles. The van der Waals surface area contributed by atoms with E-state index in [2.05, 4.69) is 10.3 Å². The second-order valence-corrected chi connectivity index (χ2v) is 6.01. The van der Waals surface area contributed by atoms with Crippen LogP contribution >= 0.6 is 11.6 Å². The Morgan fingerprint density at radius 3 is 2.46 bits per heavy atom. The van der Waals surface area contributed by atoms with E-state index in [9.17, 15) is 9.59 Å². The number of amides is 1. The smallest absolute Gasteiger partial charge is 0.339 e. The molecule has 0 aliphatic heterocycles. The van der Waals surface area contributed by atoms with Crippen LogP contribution in [0.1, 0.15) is 57.6 Å². The summed E-state index contributed by atoms with van der Waals surface area (Å²) in [5.74, 6) is -0.704. The molecule has 1 amide bonds. The molecule has 0 aliphatic rings. The summed E-state index contributed by atoms with van der Waals surface area (Å²) in [7, 11) is 1.33. The predicted molar refractivity (Wildman–Crippen MR) is 93.6 cm³/mol. The number of halogens is 1. The van der Waals surface area contributed by atoms with Crippen LogP contribution in [0, 0.1) is 6.92 Å². The van der Waals surface area contributed by atoms with Crippen LogP contribution in [0.4, 0.5) is 0 Å². The van der Waals surface area contributed by atoms with Gasteiger partial charge in [0, 0.05) is 10.7 Å². The van der Waals surface area contributed by atoms with Crippen molar-refractivity contribution >= 4 is 23.5 Å². The van der Waals surface area contributed by atoms with Gasteiger partial charge < -0.3 is 15.0 Å². The Balaban J connectivity index is 2.25. The highest BCUT2D eigenvalue weighted by molar-refractivity contribution is 6.30. The first-order chi connectivity index (χ1) is 11.4. The number of ether oxygens (including phenoxy) is 1. The van der Waals surface area contributed by atoms with E-state index in [0.29, 0.717) is 34.0 Å². The Morgan fingerprint density at radius 1 is 1.29 bits per heavy atom. The fourth-order valence-corrected chi connectivity index (χ4v) is 2.76. The average molecular weight is 349 g/mol. The highest BCUT2D eigenvalue weighted by Gasteiger charge is 2.24. The first kappa shape index (κ1) is 18.1. The number of carbonyl (C=O) groups is 2. The van der Waals surface area contributed by atoms with Crippen LogP contribution in [0.3, 0.4) is 0 Å². The number of aromatic amines is 1. The molecule has 2 aromatic rings. The number of hydrogen-bond acceptors (Lipinski definition) is 3. The lowest BCUT2D eigenvalue weighted by atomic mass is 10.1. The second-order valence-electron chi connectivity index (χ2n) is 5.57. The molecule has 0 radical (unpaired) electrons. The van der Waals surface area contributed by atoms with Gasteiger partial charge in [-0.1, -0.05) is 30.7 Å². The zero-order chi connectivity index (χ0) is 17.9. The van der Waals surface area contributed by atoms with Gasteiger partial charge in [-0.3, -0.25) is 4.79 Å². The molecule has 1 atom stereocenters. The second kappa shape index (κ2) is 7.53. The minimum Gasteiger partial charge on any atom is -0.465 e. The van der Waals surface area contributed by atoms with E-state index in [1.54, 1.807) is 19.1 Å². The highest BCUT2D eigenvalue weighted by atomic mass is 35.5. The zero-order valence-corrected chi connectivity index (χ0v) is 15.0. The molecule has 24 heavy (non-hydrogen) atoms. The summed E-state index contributed by atoms with van der Waals surface area (Å²) < 4.78 is 4.81. The van der Waals surface area contributed by atoms with Crippen LogP contribution in [-0.4, -0.2) is 24.0 Å². The molecular formula is C18H21ClN2O3. The van der Waals surface area contributed by atoms with Crippen molar-refractivity contribution < 1.29 is 14.3 Å². The molecule has 1 unspecified atom stereocenters. The van der Waals surface area contributed by atoms with Gasteiger partial charge in [0.25, 0.3) is 5.91 Å². The molecule has 0 fully saturated rings. The lowest BCUT2D eigenvalue weighted by Gasteiger charge is -2.14. The van der Waals surface area contributed by atoms with Crippen molar-refractivity contribution in [3.63, 3.8) is 0 Å². The quantitative estimate of drug-likeness (QED) is 0.807. The molecule has 6 heteroatoms. The zero-order valence-electron chi connectivity index (χ0n) is 14.2. The number of rotatable bonds is 5. The lowest BCUT2D eigenvalue weighted by molar-refractivity contribution is 0.0599. The van der Waals surface area contributed by atoms with E-state index in [4.69, 9.17) is 16.3 Å². The standard InChI is InChI=1S/C18H21ClN2O3/c1-5-14-15(18(23)24-4)10(2)16(21-14)17(22)20-11(3)12-6-8-13(19)9-7-12/h6-9,11,21H,5H2,1-4H3,(H,20,22). The fraction of sp³-hybridized carbons (Fsp3) is 0.333. The highest BCUT2D eigenvalue weighted by Crippen LogP contribution is 2.22.